The highest BCUT2D eigenvalue weighted by molar-refractivity contribution is 7.91. The molecule has 12 heteroatoms. The van der Waals surface area contributed by atoms with Crippen LogP contribution in [0.4, 0.5) is 21.6 Å². The highest BCUT2D eigenvalue weighted by Crippen LogP contribution is 2.39. The lowest BCUT2D eigenvalue weighted by atomic mass is 10.0. The smallest absolute Gasteiger partial charge is 0.237 e. The number of nitrogens with two attached hydrogens (primary N) is 1. The van der Waals surface area contributed by atoms with Crippen LogP contribution in [-0.2, 0) is 20.5 Å². The number of pyridine rings is 1. The molecule has 5 aromatic rings. The molecule has 0 fully saturated rings. The fraction of sp³-hybridized carbons (Fsp3) is 0.226. The van der Waals surface area contributed by atoms with Crippen LogP contribution in [0.25, 0.3) is 33.3 Å². The number of anilines is 3. The maximum absolute atomic E-state index is 15.4. The molecule has 0 bridgehead atoms. The van der Waals surface area contributed by atoms with Crippen LogP contribution in [0.15, 0.2) is 72.9 Å². The van der Waals surface area contributed by atoms with E-state index >= 15 is 4.39 Å². The first-order chi connectivity index (χ1) is 20.6. The first-order valence-electron chi connectivity index (χ1n) is 13.6. The molecule has 0 aliphatic heterocycles. The van der Waals surface area contributed by atoms with Gasteiger partial charge in [-0.15, -0.1) is 0 Å². The molecule has 3 aromatic carbocycles. The van der Waals surface area contributed by atoms with E-state index in [0.29, 0.717) is 40.4 Å². The summed E-state index contributed by atoms with van der Waals surface area (Å²) in [6, 6.07) is 18.7. The van der Waals surface area contributed by atoms with Crippen molar-refractivity contribution in [2.45, 2.75) is 25.6 Å². The highest BCUT2D eigenvalue weighted by Gasteiger charge is 2.23. The van der Waals surface area contributed by atoms with Crippen molar-refractivity contribution in [1.82, 2.24) is 14.8 Å². The van der Waals surface area contributed by atoms with E-state index in [4.69, 9.17) is 27.2 Å². The molecule has 2 heterocycles. The Morgan fingerprint density at radius 2 is 1.79 bits per heavy atom. The van der Waals surface area contributed by atoms with Gasteiger partial charge in [0.1, 0.15) is 17.3 Å². The molecule has 4 N–H and O–H groups in total. The highest BCUT2D eigenvalue weighted by atomic mass is 35.5. The second kappa shape index (κ2) is 12.6. The summed E-state index contributed by atoms with van der Waals surface area (Å²) in [6.45, 7) is 5.27. The molecular weight excluding hydrogens is 591 g/mol. The lowest BCUT2D eigenvalue weighted by Crippen LogP contribution is -2.16. The van der Waals surface area contributed by atoms with Crippen LogP contribution in [0.3, 0.4) is 0 Å². The number of ether oxygens (including phenoxy) is 1. The molecule has 0 saturated heterocycles. The molecule has 5 rings (SSSR count). The van der Waals surface area contributed by atoms with E-state index in [9.17, 15) is 8.42 Å². The summed E-state index contributed by atoms with van der Waals surface area (Å²) in [5.74, 6) is -0.901. The Bertz CT molecular complexity index is 1880. The number of hydrogen-bond acceptors (Lipinski definition) is 7. The number of sulfonamides is 1. The van der Waals surface area contributed by atoms with E-state index < -0.39 is 21.6 Å². The van der Waals surface area contributed by atoms with E-state index in [1.165, 1.54) is 12.1 Å². The van der Waals surface area contributed by atoms with Gasteiger partial charge in [0, 0.05) is 47.7 Å². The van der Waals surface area contributed by atoms with Crippen LogP contribution >= 0.6 is 11.6 Å². The van der Waals surface area contributed by atoms with E-state index in [1.807, 2.05) is 42.8 Å². The van der Waals surface area contributed by atoms with Gasteiger partial charge in [0.2, 0.25) is 10.0 Å². The molecule has 0 amide bonds. The number of aromatic nitrogens is 3. The quantitative estimate of drug-likeness (QED) is 0.140. The van der Waals surface area contributed by atoms with E-state index in [-0.39, 0.29) is 17.5 Å². The normalized spacial score (nSPS) is 11.8. The topological polar surface area (TPSA) is 124 Å². The van der Waals surface area contributed by atoms with Crippen LogP contribution < -0.4 is 15.8 Å². The van der Waals surface area contributed by atoms with Gasteiger partial charge in [0.25, 0.3) is 0 Å². The van der Waals surface area contributed by atoms with Gasteiger partial charge in [-0.05, 0) is 55.3 Å². The summed E-state index contributed by atoms with van der Waals surface area (Å²) in [5, 5.41) is 9.04. The molecule has 9 nitrogen and oxygen atoms in total. The molecule has 43 heavy (non-hydrogen) atoms. The molecular formula is C31H32ClFN6O3S. The van der Waals surface area contributed by atoms with Gasteiger partial charge >= 0.3 is 0 Å². The zero-order valence-corrected chi connectivity index (χ0v) is 25.5. The standard InChI is InChI=1S/C31H32ClFN6O3S/c1-19(2)39-30-24(20-8-11-23(12-9-20)35-14-15-42-3)17-36-31(34)28(30)29(37-39)21-10-13-27(26(33)16-21)38-43(40,41)18-22-6-4-5-7-25(22)32/h4-13,16-17,19,35,38H,14-15,18H2,1-3H3,(H2,34,36). The van der Waals surface area contributed by atoms with Gasteiger partial charge in [-0.2, -0.15) is 5.10 Å². The zero-order chi connectivity index (χ0) is 30.7. The SMILES string of the molecule is COCCNc1ccc(-c2cnc(N)c3c(-c4ccc(NS(=O)(=O)Cc5ccccc5Cl)c(F)c4)nn(C(C)C)c23)cc1. The summed E-state index contributed by atoms with van der Waals surface area (Å²) >= 11 is 6.12. The minimum atomic E-state index is -3.94. The molecule has 0 aliphatic rings. The number of nitrogens with one attached hydrogen (secondary N) is 2. The zero-order valence-electron chi connectivity index (χ0n) is 23.9. The molecule has 0 unspecified atom stereocenters. The lowest BCUT2D eigenvalue weighted by Gasteiger charge is -2.12. The van der Waals surface area contributed by atoms with E-state index in [1.54, 1.807) is 43.6 Å². The Balaban J connectivity index is 1.51. The molecule has 0 atom stereocenters. The molecule has 0 aliphatic carbocycles. The Morgan fingerprint density at radius 3 is 2.47 bits per heavy atom. The summed E-state index contributed by atoms with van der Waals surface area (Å²) in [6.07, 6.45) is 1.72. The number of fused-ring (bicyclic) bond motifs is 1. The van der Waals surface area contributed by atoms with Gasteiger partial charge in [0.15, 0.2) is 0 Å². The molecule has 0 spiro atoms. The number of benzene rings is 3. The first kappa shape index (κ1) is 30.3. The van der Waals surface area contributed by atoms with E-state index in [0.717, 1.165) is 22.3 Å². The number of halogens is 2. The van der Waals surface area contributed by atoms with Crippen LogP contribution in [0.5, 0.6) is 0 Å². The van der Waals surface area contributed by atoms with Gasteiger partial charge < -0.3 is 15.8 Å². The predicted molar refractivity (Wildman–Crippen MR) is 171 cm³/mol. The van der Waals surface area contributed by atoms with Crippen LogP contribution in [0.1, 0.15) is 25.5 Å². The summed E-state index contributed by atoms with van der Waals surface area (Å²) in [5.41, 5.74) is 11.0. The van der Waals surface area contributed by atoms with Crippen molar-refractivity contribution in [3.05, 3.63) is 89.3 Å². The van der Waals surface area contributed by atoms with Crippen molar-refractivity contribution in [3.8, 4) is 22.4 Å². The summed E-state index contributed by atoms with van der Waals surface area (Å²) in [4.78, 5) is 4.46. The fourth-order valence-electron chi connectivity index (χ4n) is 4.82. The van der Waals surface area contributed by atoms with Crippen molar-refractivity contribution < 1.29 is 17.5 Å². The Labute approximate surface area is 254 Å². The first-order valence-corrected chi connectivity index (χ1v) is 15.6. The second-order valence-electron chi connectivity index (χ2n) is 10.3. The second-order valence-corrected chi connectivity index (χ2v) is 12.4. The molecule has 224 valence electrons. The minimum absolute atomic E-state index is 0.0486. The third-order valence-electron chi connectivity index (χ3n) is 6.89. The van der Waals surface area contributed by atoms with Gasteiger partial charge in [-0.25, -0.2) is 17.8 Å². The van der Waals surface area contributed by atoms with Crippen molar-refractivity contribution in [1.29, 1.82) is 0 Å². The van der Waals surface area contributed by atoms with Crippen molar-refractivity contribution in [2.24, 2.45) is 0 Å². The van der Waals surface area contributed by atoms with Crippen molar-refractivity contribution in [2.75, 3.05) is 36.0 Å². The largest absolute Gasteiger partial charge is 0.383 e. The third-order valence-corrected chi connectivity index (χ3v) is 8.48. The average Bonchev–Trinajstić information content (AvgIpc) is 3.38. The maximum atomic E-state index is 15.4. The van der Waals surface area contributed by atoms with Gasteiger partial charge in [-0.3, -0.25) is 9.40 Å². The van der Waals surface area contributed by atoms with Crippen molar-refractivity contribution >= 4 is 49.7 Å². The number of nitrogen functional groups attached to an aromatic ring is 1. The van der Waals surface area contributed by atoms with Crippen LogP contribution in [-0.4, -0.2) is 43.4 Å². The number of hydrogen-bond donors (Lipinski definition) is 3. The Morgan fingerprint density at radius 1 is 1.07 bits per heavy atom. The summed E-state index contributed by atoms with van der Waals surface area (Å²) < 4.78 is 50.3. The fourth-order valence-corrected chi connectivity index (χ4v) is 6.33. The summed E-state index contributed by atoms with van der Waals surface area (Å²) in [7, 11) is -2.28. The third kappa shape index (κ3) is 6.58. The number of methoxy groups -OCH3 is 1. The van der Waals surface area contributed by atoms with Crippen molar-refractivity contribution in [3.63, 3.8) is 0 Å². The number of nitrogens with zero attached hydrogens (tertiary/aromatic N) is 3. The van der Waals surface area contributed by atoms with Gasteiger partial charge in [0.05, 0.1) is 29.0 Å². The van der Waals surface area contributed by atoms with Crippen LogP contribution in [0.2, 0.25) is 5.02 Å². The Kier molecular flexibility index (Phi) is 8.86. The maximum Gasteiger partial charge on any atom is 0.237 e. The lowest BCUT2D eigenvalue weighted by molar-refractivity contribution is 0.211. The Hall–Kier alpha value is -4.19. The van der Waals surface area contributed by atoms with Gasteiger partial charge in [-0.1, -0.05) is 48.0 Å². The monoisotopic (exact) mass is 622 g/mol. The predicted octanol–water partition coefficient (Wildman–Crippen LogP) is 6.72. The number of rotatable bonds is 11. The molecule has 0 saturated carbocycles. The molecule has 2 aromatic heterocycles. The minimum Gasteiger partial charge on any atom is -0.383 e. The van der Waals surface area contributed by atoms with Crippen LogP contribution in [0, 0.1) is 5.82 Å². The van der Waals surface area contributed by atoms with E-state index in [2.05, 4.69) is 15.0 Å². The molecule has 0 radical (unpaired) electrons. The average molecular weight is 623 g/mol.